The van der Waals surface area contributed by atoms with Crippen LogP contribution in [-0.4, -0.2) is 259 Å². The van der Waals surface area contributed by atoms with Gasteiger partial charge in [0.1, 0.15) is 84.6 Å². The first kappa shape index (κ1) is 95.4. The Kier molecular flexibility index (Phi) is 42.0. The van der Waals surface area contributed by atoms with Gasteiger partial charge in [0.2, 0.25) is 88.6 Å². The molecule has 25 N–H and O–H groups in total. The summed E-state index contributed by atoms with van der Waals surface area (Å²) in [5.41, 5.74) is 17.3. The van der Waals surface area contributed by atoms with Crippen LogP contribution in [-0.2, 0) is 87.9 Å². The summed E-state index contributed by atoms with van der Waals surface area (Å²) in [4.78, 5) is 231. The van der Waals surface area contributed by atoms with E-state index in [4.69, 9.17) is 17.2 Å². The van der Waals surface area contributed by atoms with Gasteiger partial charge in [0, 0.05) is 29.9 Å². The Balaban J connectivity index is 2.44. The zero-order valence-corrected chi connectivity index (χ0v) is 64.5. The van der Waals surface area contributed by atoms with E-state index < -0.39 is 242 Å². The number of aliphatic hydroxyl groups is 3. The summed E-state index contributed by atoms with van der Waals surface area (Å²) in [6.45, 7) is 11.5. The number of hydrogen-bond acceptors (Lipinski definition) is 23. The standard InChI is InChI=1S/C68H109N17O22S2/c1-12-32(5)53(85-67(105)54(33(6)13-2)84-64(102)48(30-87)82-56(94)35(8)74-61(99)45(27-51(91)92)79-62(100)43(24-31(3)4)78-63(101)47(29-86)83-65(103)52(71)36(9)88)66(104)80-44(25-37-28-72-39-17-15-14-16-38(37)39)60(98)73-34(7)55(93)75-41(20-22-108-10)58(96)77-42(21-23-109-11)59(97)76-40(18-19-49(69)89)57(95)81-46(68(106)107)26-50(70)90/h14-17,28,31-36,40-48,52-54,72,86-88H,12-13,18-27,29-30,71H2,1-11H3,(H2,69,89)(H2,70,90)(H,73,98)(H,74,99)(H,75,93)(H,76,97)(H,77,96)(H,78,101)(H,79,100)(H,80,104)(H,81,95)(H,82,94)(H,83,103)(H,84,102)(H,85,105)(H,91,92)(H,106,107)/t32-,33-,34-,35-,36+,40-,41-,42-,43-,44-,45-,46?,47-,48-,52-,53-,54-/m0/s1. The maximum absolute atomic E-state index is 14.8. The maximum atomic E-state index is 14.8. The molecule has 0 fully saturated rings. The molecule has 0 spiro atoms. The highest BCUT2D eigenvalue weighted by Crippen LogP contribution is 2.21. The number of aromatic amines is 1. The second-order valence-corrected chi connectivity index (χ2v) is 28.7. The molecule has 0 bridgehead atoms. The van der Waals surface area contributed by atoms with Crippen molar-refractivity contribution in [2.24, 2.45) is 35.0 Å². The van der Waals surface area contributed by atoms with Gasteiger partial charge in [-0.2, -0.15) is 23.5 Å². The van der Waals surface area contributed by atoms with Crippen molar-refractivity contribution in [3.05, 3.63) is 36.0 Å². The number of nitrogens with two attached hydrogens (primary N) is 3. The quantitative estimate of drug-likeness (QED) is 0.0293. The number of benzene rings is 1. The fourth-order valence-corrected chi connectivity index (χ4v) is 11.5. The van der Waals surface area contributed by atoms with Crippen LogP contribution in [0.25, 0.3) is 10.9 Å². The molecule has 41 heteroatoms. The van der Waals surface area contributed by atoms with Crippen LogP contribution in [0.15, 0.2) is 30.5 Å². The summed E-state index contributed by atoms with van der Waals surface area (Å²) < 4.78 is 0. The zero-order chi connectivity index (χ0) is 82.7. The van der Waals surface area contributed by atoms with Gasteiger partial charge in [0.15, 0.2) is 0 Å². The molecule has 0 aliphatic heterocycles. The van der Waals surface area contributed by atoms with Crippen molar-refractivity contribution in [3.63, 3.8) is 0 Å². The molecule has 0 aliphatic rings. The number of aromatic nitrogens is 1. The van der Waals surface area contributed by atoms with E-state index in [1.54, 1.807) is 84.5 Å². The van der Waals surface area contributed by atoms with Crippen LogP contribution in [0.1, 0.15) is 126 Å². The average molecular weight is 1580 g/mol. The van der Waals surface area contributed by atoms with Crippen molar-refractivity contribution in [3.8, 4) is 0 Å². The van der Waals surface area contributed by atoms with E-state index in [1.165, 1.54) is 37.4 Å². The summed E-state index contributed by atoms with van der Waals surface area (Å²) in [6.07, 6.45) is 0.998. The summed E-state index contributed by atoms with van der Waals surface area (Å²) in [5.74, 6) is -19.6. The maximum Gasteiger partial charge on any atom is 0.326 e. The Morgan fingerprint density at radius 3 is 1.28 bits per heavy atom. The molecule has 2 aromatic rings. The monoisotopic (exact) mass is 1580 g/mol. The molecule has 1 unspecified atom stereocenters. The molecule has 1 aromatic carbocycles. The number of carbonyl (C=O) groups is 17. The molecule has 39 nitrogen and oxygen atoms in total. The van der Waals surface area contributed by atoms with Crippen LogP contribution in [0.2, 0.25) is 0 Å². The van der Waals surface area contributed by atoms with Crippen molar-refractivity contribution >= 4 is 135 Å². The van der Waals surface area contributed by atoms with Crippen LogP contribution in [0, 0.1) is 17.8 Å². The van der Waals surface area contributed by atoms with Gasteiger partial charge in [-0.1, -0.05) is 72.6 Å². The summed E-state index contributed by atoms with van der Waals surface area (Å²) in [5, 5.41) is 81.6. The molecule has 1 aromatic heterocycles. The largest absolute Gasteiger partial charge is 0.481 e. The van der Waals surface area contributed by atoms with Crippen molar-refractivity contribution in [2.45, 2.75) is 217 Å². The Bertz CT molecular complexity index is 3490. The normalized spacial score (nSPS) is 15.9. The second kappa shape index (κ2) is 48.0. The number of para-hydroxylation sites is 1. The molecule has 610 valence electrons. The lowest BCUT2D eigenvalue weighted by Gasteiger charge is -2.31. The predicted molar refractivity (Wildman–Crippen MR) is 399 cm³/mol. The molecule has 15 amide bonds. The number of aliphatic carboxylic acids is 2. The van der Waals surface area contributed by atoms with Gasteiger partial charge < -0.3 is 117 Å². The number of hydrogen-bond donors (Lipinski definition) is 22. The van der Waals surface area contributed by atoms with E-state index in [2.05, 4.69) is 74.1 Å². The topological polar surface area (TPSA) is 642 Å². The first-order valence-corrected chi connectivity index (χ1v) is 38.1. The number of rotatable bonds is 51. The lowest BCUT2D eigenvalue weighted by molar-refractivity contribution is -0.144. The molecule has 109 heavy (non-hydrogen) atoms. The van der Waals surface area contributed by atoms with Gasteiger partial charge in [0.25, 0.3) is 0 Å². The number of carbonyl (C=O) groups excluding carboxylic acids is 15. The van der Waals surface area contributed by atoms with Crippen molar-refractivity contribution in [2.75, 3.05) is 37.2 Å². The third-order valence-corrected chi connectivity index (χ3v) is 18.7. The van der Waals surface area contributed by atoms with Gasteiger partial charge in [-0.25, -0.2) is 4.79 Å². The Morgan fingerprint density at radius 1 is 0.450 bits per heavy atom. The van der Waals surface area contributed by atoms with Gasteiger partial charge >= 0.3 is 11.9 Å². The number of aliphatic hydroxyl groups excluding tert-OH is 3. The zero-order valence-electron chi connectivity index (χ0n) is 62.9. The molecule has 17 atom stereocenters. The number of nitrogens with one attached hydrogen (secondary N) is 14. The fraction of sp³-hybridized carbons (Fsp3) is 0.632. The third-order valence-electron chi connectivity index (χ3n) is 17.4. The minimum Gasteiger partial charge on any atom is -0.481 e. The summed E-state index contributed by atoms with van der Waals surface area (Å²) >= 11 is 2.59. The Hall–Kier alpha value is -9.71. The van der Waals surface area contributed by atoms with Crippen LogP contribution >= 0.6 is 23.5 Å². The average Bonchev–Trinajstić information content (AvgIpc) is 1.71. The fourth-order valence-electron chi connectivity index (χ4n) is 10.5. The highest BCUT2D eigenvalue weighted by atomic mass is 32.2. The van der Waals surface area contributed by atoms with E-state index in [9.17, 15) is 107 Å². The SMILES string of the molecule is CC[C@H](C)[C@H](NC(=O)[C@H](CO)NC(=O)[C@H](C)NC(=O)[C@H](CC(=O)O)NC(=O)[C@H](CC(C)C)NC(=O)[C@H](CO)NC(=O)[C@@H](N)[C@@H](C)O)C(=O)N[C@H](C(=O)N[C@@H](Cc1c[nH]c2ccccc12)C(=O)N[C@@H](C)C(=O)N[C@@H](CCSC)C(=O)N[C@@H](CCSC)C(=O)N[C@@H](CCC(N)=O)C(=O)NC(CC(N)=O)C(=O)O)[C@@H](C)CC. The third kappa shape index (κ3) is 32.6. The van der Waals surface area contributed by atoms with Crippen LogP contribution in [0.3, 0.4) is 0 Å². The van der Waals surface area contributed by atoms with Crippen LogP contribution < -0.4 is 86.3 Å². The van der Waals surface area contributed by atoms with Crippen LogP contribution in [0.4, 0.5) is 0 Å². The number of primary amides is 2. The van der Waals surface area contributed by atoms with E-state index in [0.717, 1.165) is 6.92 Å². The lowest BCUT2D eigenvalue weighted by Crippen LogP contribution is -2.62. The number of H-pyrrole nitrogens is 1. The first-order valence-electron chi connectivity index (χ1n) is 35.3. The molecule has 0 saturated carbocycles. The van der Waals surface area contributed by atoms with E-state index in [0.29, 0.717) is 16.5 Å². The predicted octanol–water partition coefficient (Wildman–Crippen LogP) is -5.91. The van der Waals surface area contributed by atoms with Crippen molar-refractivity contribution in [1.29, 1.82) is 0 Å². The number of fused-ring (bicyclic) bond motifs is 1. The van der Waals surface area contributed by atoms with E-state index >= 15 is 0 Å². The van der Waals surface area contributed by atoms with E-state index in [1.807, 2.05) is 0 Å². The highest BCUT2D eigenvalue weighted by molar-refractivity contribution is 7.98. The van der Waals surface area contributed by atoms with Gasteiger partial charge in [-0.3, -0.25) is 76.7 Å². The number of carboxylic acids is 2. The molecule has 0 saturated heterocycles. The Morgan fingerprint density at radius 2 is 0.835 bits per heavy atom. The molecule has 2 rings (SSSR count). The second-order valence-electron chi connectivity index (χ2n) is 26.8. The van der Waals surface area contributed by atoms with Crippen molar-refractivity contribution in [1.82, 2.24) is 74.1 Å². The van der Waals surface area contributed by atoms with Gasteiger partial charge in [-0.15, -0.1) is 0 Å². The van der Waals surface area contributed by atoms with Gasteiger partial charge in [-0.05, 0) is 99.9 Å². The molecular formula is C68H109N17O22S2. The minimum atomic E-state index is -1.91. The molecular weight excluding hydrogens is 1470 g/mol. The number of amides is 15. The minimum absolute atomic E-state index is 0.0248. The number of thioether (sulfide) groups is 2. The summed E-state index contributed by atoms with van der Waals surface area (Å²) in [7, 11) is 0. The van der Waals surface area contributed by atoms with E-state index in [-0.39, 0.29) is 55.9 Å². The van der Waals surface area contributed by atoms with Crippen molar-refractivity contribution < 1.29 is 107 Å². The number of carboxylic acid groups (broad SMARTS) is 2. The highest BCUT2D eigenvalue weighted by Gasteiger charge is 2.39. The Labute approximate surface area is 638 Å². The molecule has 0 aliphatic carbocycles. The lowest BCUT2D eigenvalue weighted by atomic mass is 9.94. The summed E-state index contributed by atoms with van der Waals surface area (Å²) in [6, 6.07) is -15.1. The molecule has 0 radical (unpaired) electrons. The van der Waals surface area contributed by atoms with Gasteiger partial charge in [0.05, 0.1) is 32.2 Å². The molecule has 1 heterocycles. The smallest absolute Gasteiger partial charge is 0.326 e. The van der Waals surface area contributed by atoms with Crippen LogP contribution in [0.5, 0.6) is 0 Å². The first-order chi connectivity index (χ1) is 51.2.